The third kappa shape index (κ3) is 2.20. The topological polar surface area (TPSA) is 53.6 Å². The molecule has 4 nitrogen and oxygen atoms in total. The summed E-state index contributed by atoms with van der Waals surface area (Å²) in [6, 6.07) is 22.2. The van der Waals surface area contributed by atoms with Crippen molar-refractivity contribution < 1.29 is 0 Å². The van der Waals surface area contributed by atoms with E-state index in [1.165, 1.54) is 0 Å². The maximum atomic E-state index is 4.35. The molecule has 0 amide bonds. The molecular formula is C18H14N4. The number of hydrogen-bond donors (Lipinski definition) is 2. The van der Waals surface area contributed by atoms with Crippen molar-refractivity contribution >= 4 is 22.4 Å². The first-order valence-electron chi connectivity index (χ1n) is 7.12. The molecule has 22 heavy (non-hydrogen) atoms. The van der Waals surface area contributed by atoms with Crippen LogP contribution in [0.1, 0.15) is 0 Å². The Morgan fingerprint density at radius 1 is 0.818 bits per heavy atom. The molecular weight excluding hydrogens is 272 g/mol. The Bertz CT molecular complexity index is 898. The van der Waals surface area contributed by atoms with E-state index in [4.69, 9.17) is 0 Å². The number of hydrogen-bond acceptors (Lipinski definition) is 3. The lowest BCUT2D eigenvalue weighted by Gasteiger charge is -2.08. The molecule has 0 fully saturated rings. The zero-order chi connectivity index (χ0) is 14.8. The van der Waals surface area contributed by atoms with Gasteiger partial charge in [0.1, 0.15) is 0 Å². The van der Waals surface area contributed by atoms with Crippen LogP contribution in [0.3, 0.4) is 0 Å². The minimum Gasteiger partial charge on any atom is -0.355 e. The second kappa shape index (κ2) is 5.33. The second-order valence-electron chi connectivity index (χ2n) is 5.01. The number of pyridine rings is 1. The summed E-state index contributed by atoms with van der Waals surface area (Å²) < 4.78 is 0. The first-order valence-corrected chi connectivity index (χ1v) is 7.12. The fourth-order valence-electron chi connectivity index (χ4n) is 2.54. The molecule has 0 radical (unpaired) electrons. The van der Waals surface area contributed by atoms with Crippen LogP contribution >= 0.6 is 0 Å². The number of nitrogens with one attached hydrogen (secondary N) is 2. The first kappa shape index (κ1) is 12.6. The zero-order valence-corrected chi connectivity index (χ0v) is 11.8. The van der Waals surface area contributed by atoms with Crippen molar-refractivity contribution in [1.82, 2.24) is 15.2 Å². The number of anilines is 2. The summed E-state index contributed by atoms with van der Waals surface area (Å²) in [6.45, 7) is 0. The van der Waals surface area contributed by atoms with Gasteiger partial charge in [-0.25, -0.2) is 4.98 Å². The summed E-state index contributed by atoms with van der Waals surface area (Å²) in [7, 11) is 0. The van der Waals surface area contributed by atoms with Gasteiger partial charge in [0.15, 0.2) is 5.65 Å². The normalized spacial score (nSPS) is 10.7. The average molecular weight is 286 g/mol. The molecule has 0 saturated heterocycles. The molecule has 0 aliphatic heterocycles. The summed E-state index contributed by atoms with van der Waals surface area (Å²) >= 11 is 0. The van der Waals surface area contributed by atoms with Crippen LogP contribution in [0.4, 0.5) is 11.4 Å². The van der Waals surface area contributed by atoms with E-state index < -0.39 is 0 Å². The monoisotopic (exact) mass is 286 g/mol. The van der Waals surface area contributed by atoms with Gasteiger partial charge in [-0.1, -0.05) is 48.5 Å². The third-order valence-electron chi connectivity index (χ3n) is 3.57. The van der Waals surface area contributed by atoms with E-state index in [0.29, 0.717) is 5.65 Å². The van der Waals surface area contributed by atoms with Crippen molar-refractivity contribution in [2.45, 2.75) is 0 Å². The van der Waals surface area contributed by atoms with Crippen LogP contribution in [0.5, 0.6) is 0 Å². The Morgan fingerprint density at radius 3 is 2.32 bits per heavy atom. The van der Waals surface area contributed by atoms with Crippen LogP contribution in [0.25, 0.3) is 22.3 Å². The van der Waals surface area contributed by atoms with Gasteiger partial charge in [-0.05, 0) is 18.2 Å². The van der Waals surface area contributed by atoms with E-state index in [1.807, 2.05) is 54.6 Å². The highest BCUT2D eigenvalue weighted by molar-refractivity contribution is 6.01. The molecule has 2 aromatic heterocycles. The quantitative estimate of drug-likeness (QED) is 0.588. The van der Waals surface area contributed by atoms with E-state index in [1.54, 1.807) is 6.20 Å². The van der Waals surface area contributed by atoms with Crippen molar-refractivity contribution in [1.29, 1.82) is 0 Å². The molecule has 4 aromatic rings. The molecule has 2 heterocycles. The second-order valence-corrected chi connectivity index (χ2v) is 5.01. The van der Waals surface area contributed by atoms with Gasteiger partial charge in [-0.3, -0.25) is 5.10 Å². The molecule has 106 valence electrons. The predicted octanol–water partition coefficient (Wildman–Crippen LogP) is 4.37. The van der Waals surface area contributed by atoms with Crippen molar-refractivity contribution in [3.05, 3.63) is 72.9 Å². The molecule has 0 aliphatic carbocycles. The van der Waals surface area contributed by atoms with Crippen LogP contribution in [-0.4, -0.2) is 15.2 Å². The summed E-state index contributed by atoms with van der Waals surface area (Å²) in [5.74, 6) is 0. The fourth-order valence-corrected chi connectivity index (χ4v) is 2.54. The van der Waals surface area contributed by atoms with Crippen molar-refractivity contribution in [2.75, 3.05) is 5.32 Å². The molecule has 2 N–H and O–H groups in total. The molecule has 0 saturated carbocycles. The van der Waals surface area contributed by atoms with Crippen molar-refractivity contribution in [2.24, 2.45) is 0 Å². The highest BCUT2D eigenvalue weighted by atomic mass is 15.2. The van der Waals surface area contributed by atoms with Crippen LogP contribution < -0.4 is 5.32 Å². The van der Waals surface area contributed by atoms with Gasteiger partial charge in [0.2, 0.25) is 0 Å². The van der Waals surface area contributed by atoms with E-state index >= 15 is 0 Å². The molecule has 4 heteroatoms. The standard InChI is InChI=1S/C18H14N4/c1-3-7-13(8-4-1)17-16-15(11-12-19-18(16)22-21-17)20-14-9-5-2-6-10-14/h1-12H,(H2,19,20,21,22). The summed E-state index contributed by atoms with van der Waals surface area (Å²) in [5.41, 5.74) is 4.80. The van der Waals surface area contributed by atoms with Crippen LogP contribution in [0.2, 0.25) is 0 Å². The highest BCUT2D eigenvalue weighted by Crippen LogP contribution is 2.32. The van der Waals surface area contributed by atoms with E-state index in [0.717, 1.165) is 28.0 Å². The number of aromatic nitrogens is 3. The predicted molar refractivity (Wildman–Crippen MR) is 89.0 cm³/mol. The minimum atomic E-state index is 0.708. The number of fused-ring (bicyclic) bond motifs is 1. The number of rotatable bonds is 3. The van der Waals surface area contributed by atoms with E-state index in [9.17, 15) is 0 Å². The van der Waals surface area contributed by atoms with E-state index in [2.05, 4.69) is 32.6 Å². The smallest absolute Gasteiger partial charge is 0.183 e. The summed E-state index contributed by atoms with van der Waals surface area (Å²) in [4.78, 5) is 4.35. The van der Waals surface area contributed by atoms with Crippen LogP contribution in [0.15, 0.2) is 72.9 Å². The Hall–Kier alpha value is -3.14. The van der Waals surface area contributed by atoms with E-state index in [-0.39, 0.29) is 0 Å². The molecule has 0 atom stereocenters. The first-order chi connectivity index (χ1) is 10.9. The van der Waals surface area contributed by atoms with Gasteiger partial charge in [-0.2, -0.15) is 5.10 Å². The Balaban J connectivity index is 1.87. The highest BCUT2D eigenvalue weighted by Gasteiger charge is 2.12. The molecule has 0 bridgehead atoms. The van der Waals surface area contributed by atoms with Gasteiger partial charge < -0.3 is 5.32 Å². The van der Waals surface area contributed by atoms with Gasteiger partial charge in [0, 0.05) is 17.4 Å². The fraction of sp³-hybridized carbons (Fsp3) is 0. The number of para-hydroxylation sites is 1. The maximum absolute atomic E-state index is 4.35. The summed E-state index contributed by atoms with van der Waals surface area (Å²) in [5, 5.41) is 11.9. The lowest BCUT2D eigenvalue weighted by molar-refractivity contribution is 1.10. The SMILES string of the molecule is c1ccc(Nc2ccnc3n[nH]c(-c4ccccc4)c23)cc1. The van der Waals surface area contributed by atoms with Crippen LogP contribution in [0, 0.1) is 0 Å². The average Bonchev–Trinajstić information content (AvgIpc) is 3.02. The zero-order valence-electron chi connectivity index (χ0n) is 11.8. The maximum Gasteiger partial charge on any atom is 0.183 e. The number of benzene rings is 2. The molecule has 4 rings (SSSR count). The number of nitrogens with zero attached hydrogens (tertiary/aromatic N) is 2. The van der Waals surface area contributed by atoms with Crippen molar-refractivity contribution in [3.8, 4) is 11.3 Å². The Kier molecular flexibility index (Phi) is 3.05. The lowest BCUT2D eigenvalue weighted by atomic mass is 10.1. The number of H-pyrrole nitrogens is 1. The Morgan fingerprint density at radius 2 is 1.55 bits per heavy atom. The Labute approximate surface area is 127 Å². The molecule has 0 spiro atoms. The van der Waals surface area contributed by atoms with Gasteiger partial charge in [-0.15, -0.1) is 0 Å². The van der Waals surface area contributed by atoms with Gasteiger partial charge in [0.05, 0.1) is 16.8 Å². The molecule has 0 aliphatic rings. The lowest BCUT2D eigenvalue weighted by Crippen LogP contribution is -1.92. The minimum absolute atomic E-state index is 0.708. The number of aromatic amines is 1. The summed E-state index contributed by atoms with van der Waals surface area (Å²) in [6.07, 6.45) is 1.77. The third-order valence-corrected chi connectivity index (χ3v) is 3.57. The van der Waals surface area contributed by atoms with Gasteiger partial charge in [0.25, 0.3) is 0 Å². The van der Waals surface area contributed by atoms with Crippen molar-refractivity contribution in [3.63, 3.8) is 0 Å². The van der Waals surface area contributed by atoms with Gasteiger partial charge >= 0.3 is 0 Å². The van der Waals surface area contributed by atoms with Crippen LogP contribution in [-0.2, 0) is 0 Å². The molecule has 2 aromatic carbocycles. The largest absolute Gasteiger partial charge is 0.355 e. The molecule has 0 unspecified atom stereocenters.